The number of carbonyl (C=O) groups excluding carboxylic acids is 6. The van der Waals surface area contributed by atoms with Crippen LogP contribution in [0.1, 0.15) is 73.9 Å². The number of nitrogens with zero attached hydrogens (tertiary/aromatic N) is 3. The summed E-state index contributed by atoms with van der Waals surface area (Å²) in [6.07, 6.45) is 3.82. The van der Waals surface area contributed by atoms with Crippen molar-refractivity contribution in [1.29, 1.82) is 0 Å². The Balaban J connectivity index is 1.54. The van der Waals surface area contributed by atoms with Crippen LogP contribution in [0.25, 0.3) is 0 Å². The molecule has 0 bridgehead atoms. The van der Waals surface area contributed by atoms with E-state index in [2.05, 4.69) is 25.9 Å². The topological polar surface area (TPSA) is 177 Å². The first kappa shape index (κ1) is 38.5. The number of Topliss-reactive ketones (excluding diaryl/α,β-unsaturated/α-hetero) is 2. The lowest BCUT2D eigenvalue weighted by molar-refractivity contribution is -0.143. The van der Waals surface area contributed by atoms with Gasteiger partial charge in [0.15, 0.2) is 0 Å². The van der Waals surface area contributed by atoms with E-state index >= 15 is 0 Å². The standard InChI is InChI=1S/C38H46N6O7/c1-6-28(34(46)33(45)26-15-11-8-12-16-26)41-36(48)30-19-27(51-22-25-13-9-7-10-14-25)21-44(30)38(50)32(24(4)5)43-37(49)31(23(2)3)42-35(47)29-20-39-17-18-40-29/h7-18,20,23-24,27-28,30-32H,6,19,21-22H2,1-5H3,(H,41,48)(H,42,47)(H,43,49)/t27-,28?,30+,31-,32-/m1/s1. The van der Waals surface area contributed by atoms with E-state index < -0.39 is 71.4 Å². The molecule has 0 radical (unpaired) electrons. The van der Waals surface area contributed by atoms with E-state index in [1.807, 2.05) is 30.3 Å². The first-order valence-corrected chi connectivity index (χ1v) is 17.2. The Bertz CT molecular complexity index is 1670. The van der Waals surface area contributed by atoms with E-state index in [1.54, 1.807) is 52.8 Å². The van der Waals surface area contributed by atoms with Gasteiger partial charge in [0, 0.05) is 30.9 Å². The van der Waals surface area contributed by atoms with Crippen LogP contribution in [-0.2, 0) is 30.5 Å². The molecule has 0 aliphatic carbocycles. The molecule has 3 aromatic rings. The Kier molecular flexibility index (Phi) is 13.7. The normalized spacial score (nSPS) is 17.4. The van der Waals surface area contributed by atoms with E-state index in [1.165, 1.54) is 35.6 Å². The number of ketones is 2. The van der Waals surface area contributed by atoms with Crippen molar-refractivity contribution in [2.45, 2.75) is 84.3 Å². The lowest BCUT2D eigenvalue weighted by Gasteiger charge is -2.32. The molecule has 1 aliphatic heterocycles. The number of carbonyl (C=O) groups is 6. The molecule has 1 saturated heterocycles. The van der Waals surface area contributed by atoms with Gasteiger partial charge >= 0.3 is 0 Å². The second kappa shape index (κ2) is 18.1. The average molecular weight is 699 g/mol. The molecule has 1 aliphatic rings. The number of hydrogen-bond donors (Lipinski definition) is 3. The third-order valence-corrected chi connectivity index (χ3v) is 8.74. The largest absolute Gasteiger partial charge is 0.372 e. The minimum absolute atomic E-state index is 0.0363. The summed E-state index contributed by atoms with van der Waals surface area (Å²) in [7, 11) is 0. The van der Waals surface area contributed by atoms with Gasteiger partial charge in [-0.3, -0.25) is 33.8 Å². The summed E-state index contributed by atoms with van der Waals surface area (Å²) >= 11 is 0. The summed E-state index contributed by atoms with van der Waals surface area (Å²) in [4.78, 5) is 90.2. The quantitative estimate of drug-likeness (QED) is 0.150. The van der Waals surface area contributed by atoms with E-state index in [-0.39, 0.29) is 43.2 Å². The smallest absolute Gasteiger partial charge is 0.272 e. The number of likely N-dealkylation sites (tertiary alicyclic amines) is 1. The Hall–Kier alpha value is -5.30. The van der Waals surface area contributed by atoms with E-state index in [9.17, 15) is 28.8 Å². The zero-order chi connectivity index (χ0) is 37.1. The van der Waals surface area contributed by atoms with Gasteiger partial charge in [-0.1, -0.05) is 95.3 Å². The highest BCUT2D eigenvalue weighted by Gasteiger charge is 2.44. The van der Waals surface area contributed by atoms with Crippen molar-refractivity contribution in [1.82, 2.24) is 30.8 Å². The van der Waals surface area contributed by atoms with Crippen LogP contribution in [0.5, 0.6) is 0 Å². The van der Waals surface area contributed by atoms with Gasteiger partial charge in [-0.05, 0) is 23.8 Å². The second-order valence-electron chi connectivity index (χ2n) is 13.2. The van der Waals surface area contributed by atoms with Gasteiger partial charge in [-0.2, -0.15) is 0 Å². The van der Waals surface area contributed by atoms with E-state index in [0.717, 1.165) is 5.56 Å². The highest BCUT2D eigenvalue weighted by molar-refractivity contribution is 6.45. The van der Waals surface area contributed by atoms with Crippen LogP contribution in [0, 0.1) is 11.8 Å². The van der Waals surface area contributed by atoms with Crippen LogP contribution in [-0.4, -0.2) is 86.9 Å². The maximum Gasteiger partial charge on any atom is 0.272 e. The maximum atomic E-state index is 14.3. The summed E-state index contributed by atoms with van der Waals surface area (Å²) in [6, 6.07) is 13.3. The van der Waals surface area contributed by atoms with Gasteiger partial charge in [0.25, 0.3) is 5.91 Å². The van der Waals surface area contributed by atoms with Crippen molar-refractivity contribution in [3.05, 3.63) is 96.1 Å². The van der Waals surface area contributed by atoms with Gasteiger partial charge < -0.3 is 25.6 Å². The zero-order valence-electron chi connectivity index (χ0n) is 29.6. The molecule has 1 fully saturated rings. The first-order chi connectivity index (χ1) is 24.4. The second-order valence-corrected chi connectivity index (χ2v) is 13.2. The minimum atomic E-state index is -1.11. The number of nitrogens with one attached hydrogen (secondary N) is 3. The Morgan fingerprint density at radius 1 is 0.843 bits per heavy atom. The molecule has 13 nitrogen and oxygen atoms in total. The molecule has 1 aromatic heterocycles. The first-order valence-electron chi connectivity index (χ1n) is 17.2. The number of rotatable bonds is 16. The molecule has 1 unspecified atom stereocenters. The number of benzene rings is 2. The monoisotopic (exact) mass is 698 g/mol. The van der Waals surface area contributed by atoms with Crippen molar-refractivity contribution in [3.63, 3.8) is 0 Å². The molecular weight excluding hydrogens is 652 g/mol. The van der Waals surface area contributed by atoms with Crippen molar-refractivity contribution < 1.29 is 33.5 Å². The SMILES string of the molecule is CCC(NC(=O)[C@@H]1C[C@@H](OCc2ccccc2)CN1C(=O)[C@H](NC(=O)[C@H](NC(=O)c1cnccn1)C(C)C)C(C)C)C(=O)C(=O)c1ccccc1. The number of aromatic nitrogens is 2. The number of amides is 4. The van der Waals surface area contributed by atoms with Crippen LogP contribution < -0.4 is 16.0 Å². The van der Waals surface area contributed by atoms with Crippen LogP contribution in [0.4, 0.5) is 0 Å². The molecule has 3 N–H and O–H groups in total. The predicted octanol–water partition coefficient (Wildman–Crippen LogP) is 2.90. The molecule has 13 heteroatoms. The highest BCUT2D eigenvalue weighted by Crippen LogP contribution is 2.25. The van der Waals surface area contributed by atoms with Crippen LogP contribution >= 0.6 is 0 Å². The molecule has 0 saturated carbocycles. The highest BCUT2D eigenvalue weighted by atomic mass is 16.5. The van der Waals surface area contributed by atoms with Gasteiger partial charge in [0.1, 0.15) is 23.8 Å². The molecule has 4 rings (SSSR count). The fourth-order valence-electron chi connectivity index (χ4n) is 5.81. The summed E-state index contributed by atoms with van der Waals surface area (Å²) in [5.41, 5.74) is 1.16. The van der Waals surface area contributed by atoms with Crippen molar-refractivity contribution in [2.24, 2.45) is 11.8 Å². The van der Waals surface area contributed by atoms with Crippen molar-refractivity contribution in [2.75, 3.05) is 6.54 Å². The van der Waals surface area contributed by atoms with Crippen LogP contribution in [0.15, 0.2) is 79.3 Å². The lowest BCUT2D eigenvalue weighted by Crippen LogP contribution is -2.59. The summed E-state index contributed by atoms with van der Waals surface area (Å²) in [5, 5.41) is 8.22. The van der Waals surface area contributed by atoms with E-state index in [0.29, 0.717) is 0 Å². The van der Waals surface area contributed by atoms with Gasteiger partial charge in [0.05, 0.1) is 24.9 Å². The minimum Gasteiger partial charge on any atom is -0.372 e. The molecule has 51 heavy (non-hydrogen) atoms. The summed E-state index contributed by atoms with van der Waals surface area (Å²) in [6.45, 7) is 9.03. The third kappa shape index (κ3) is 10.1. The average Bonchev–Trinajstić information content (AvgIpc) is 3.58. The Labute approximate surface area is 297 Å². The molecule has 4 amide bonds. The van der Waals surface area contributed by atoms with Gasteiger partial charge in [-0.15, -0.1) is 0 Å². The van der Waals surface area contributed by atoms with E-state index in [4.69, 9.17) is 4.74 Å². The molecule has 2 aromatic carbocycles. The lowest BCUT2D eigenvalue weighted by atomic mass is 9.98. The van der Waals surface area contributed by atoms with Crippen molar-refractivity contribution in [3.8, 4) is 0 Å². The third-order valence-electron chi connectivity index (χ3n) is 8.74. The molecule has 0 spiro atoms. The number of hydrogen-bond acceptors (Lipinski definition) is 9. The fourth-order valence-corrected chi connectivity index (χ4v) is 5.81. The molecule has 5 atom stereocenters. The fraction of sp³-hybridized carbons (Fsp3) is 0.421. The number of ether oxygens (including phenoxy) is 1. The van der Waals surface area contributed by atoms with Crippen LogP contribution in [0.2, 0.25) is 0 Å². The van der Waals surface area contributed by atoms with Gasteiger partial charge in [-0.25, -0.2) is 4.98 Å². The molecule has 2 heterocycles. The Morgan fingerprint density at radius 3 is 2.08 bits per heavy atom. The van der Waals surface area contributed by atoms with Gasteiger partial charge in [0.2, 0.25) is 29.3 Å². The summed E-state index contributed by atoms with van der Waals surface area (Å²) in [5.74, 6) is -4.55. The summed E-state index contributed by atoms with van der Waals surface area (Å²) < 4.78 is 6.16. The Morgan fingerprint density at radius 2 is 1.49 bits per heavy atom. The molecule has 270 valence electrons. The van der Waals surface area contributed by atoms with Crippen molar-refractivity contribution >= 4 is 35.2 Å². The zero-order valence-corrected chi connectivity index (χ0v) is 29.6. The maximum absolute atomic E-state index is 14.3. The van der Waals surface area contributed by atoms with Crippen LogP contribution in [0.3, 0.4) is 0 Å². The predicted molar refractivity (Wildman–Crippen MR) is 188 cm³/mol. The molecular formula is C38H46N6O7.